The molecule has 0 unspecified atom stereocenters. The Hall–Kier alpha value is -2.04. The van der Waals surface area contributed by atoms with Crippen molar-refractivity contribution in [3.05, 3.63) is 29.7 Å². The topological polar surface area (TPSA) is 62.3 Å². The summed E-state index contributed by atoms with van der Waals surface area (Å²) >= 11 is 0. The predicted octanol–water partition coefficient (Wildman–Crippen LogP) is 2.01. The first-order valence-corrected chi connectivity index (χ1v) is 4.22. The summed E-state index contributed by atoms with van der Waals surface area (Å²) in [5, 5.41) is 9.18. The van der Waals surface area contributed by atoms with Crippen molar-refractivity contribution in [2.45, 2.75) is 0 Å². The zero-order valence-corrected chi connectivity index (χ0v) is 7.87. The maximum absolute atomic E-state index is 13.2. The van der Waals surface area contributed by atoms with Crippen LogP contribution in [0, 0.1) is 5.82 Å². The molecule has 0 saturated carbocycles. The van der Waals surface area contributed by atoms with Gasteiger partial charge in [-0.3, -0.25) is 0 Å². The molecule has 0 bridgehead atoms. The van der Waals surface area contributed by atoms with E-state index in [1.807, 2.05) is 0 Å². The first-order valence-electron chi connectivity index (χ1n) is 4.22. The van der Waals surface area contributed by atoms with Gasteiger partial charge in [0.25, 0.3) is 0 Å². The van der Waals surface area contributed by atoms with Crippen LogP contribution in [0.25, 0.3) is 10.9 Å². The van der Waals surface area contributed by atoms with Crippen LogP contribution in [0.2, 0.25) is 0 Å². The van der Waals surface area contributed by atoms with Crippen molar-refractivity contribution in [1.29, 1.82) is 0 Å². The monoisotopic (exact) mass is 209 g/mol. The van der Waals surface area contributed by atoms with E-state index < -0.39 is 11.8 Å². The fourth-order valence-corrected chi connectivity index (χ4v) is 1.47. The molecule has 0 radical (unpaired) electrons. The minimum Gasteiger partial charge on any atom is -0.493 e. The summed E-state index contributed by atoms with van der Waals surface area (Å²) in [7, 11) is 1.34. The number of hydrogen-bond acceptors (Lipinski definition) is 2. The Kier molecular flexibility index (Phi) is 2.07. The van der Waals surface area contributed by atoms with Crippen LogP contribution in [-0.2, 0) is 0 Å². The van der Waals surface area contributed by atoms with E-state index >= 15 is 0 Å². The van der Waals surface area contributed by atoms with Gasteiger partial charge >= 0.3 is 5.97 Å². The van der Waals surface area contributed by atoms with Gasteiger partial charge in [0.2, 0.25) is 0 Å². The minimum absolute atomic E-state index is 0.00824. The van der Waals surface area contributed by atoms with E-state index in [1.54, 1.807) is 0 Å². The highest BCUT2D eigenvalue weighted by molar-refractivity contribution is 5.96. The molecule has 0 aliphatic rings. The molecule has 1 aromatic heterocycles. The van der Waals surface area contributed by atoms with Crippen molar-refractivity contribution in [1.82, 2.24) is 4.98 Å². The van der Waals surface area contributed by atoms with Gasteiger partial charge in [0.15, 0.2) is 11.6 Å². The maximum Gasteiger partial charge on any atom is 0.352 e. The zero-order chi connectivity index (χ0) is 11.0. The number of hydrogen-bond donors (Lipinski definition) is 2. The summed E-state index contributed by atoms with van der Waals surface area (Å²) in [4.78, 5) is 13.3. The molecule has 2 rings (SSSR count). The van der Waals surface area contributed by atoms with Crippen LogP contribution in [0.1, 0.15) is 10.5 Å². The largest absolute Gasteiger partial charge is 0.493 e. The van der Waals surface area contributed by atoms with E-state index in [-0.39, 0.29) is 11.4 Å². The first-order chi connectivity index (χ1) is 7.13. The van der Waals surface area contributed by atoms with Crippen LogP contribution < -0.4 is 4.74 Å². The van der Waals surface area contributed by atoms with Crippen molar-refractivity contribution in [2.24, 2.45) is 0 Å². The molecule has 0 atom stereocenters. The van der Waals surface area contributed by atoms with E-state index in [1.165, 1.54) is 25.3 Å². The van der Waals surface area contributed by atoms with Crippen LogP contribution in [0.15, 0.2) is 18.2 Å². The molecular weight excluding hydrogens is 201 g/mol. The molecule has 2 aromatic rings. The molecule has 1 aromatic carbocycles. The lowest BCUT2D eigenvalue weighted by Gasteiger charge is -2.01. The van der Waals surface area contributed by atoms with E-state index in [9.17, 15) is 9.18 Å². The maximum atomic E-state index is 13.2. The number of benzene rings is 1. The number of ether oxygens (including phenoxy) is 1. The highest BCUT2D eigenvalue weighted by Gasteiger charge is 2.13. The summed E-state index contributed by atoms with van der Waals surface area (Å²) in [6, 6.07) is 4.04. The highest BCUT2D eigenvalue weighted by atomic mass is 19.1. The molecule has 78 valence electrons. The molecule has 15 heavy (non-hydrogen) atoms. The summed E-state index contributed by atoms with van der Waals surface area (Å²) in [6.45, 7) is 0. The van der Waals surface area contributed by atoms with Crippen LogP contribution in [-0.4, -0.2) is 23.2 Å². The van der Waals surface area contributed by atoms with Gasteiger partial charge < -0.3 is 14.8 Å². The molecule has 4 nitrogen and oxygen atoms in total. The van der Waals surface area contributed by atoms with Gasteiger partial charge in [-0.2, -0.15) is 0 Å². The van der Waals surface area contributed by atoms with Gasteiger partial charge in [-0.25, -0.2) is 9.18 Å². The number of aromatic nitrogens is 1. The Morgan fingerprint density at radius 1 is 1.53 bits per heavy atom. The number of nitrogens with one attached hydrogen (secondary N) is 1. The van der Waals surface area contributed by atoms with Crippen molar-refractivity contribution in [3.63, 3.8) is 0 Å². The Labute approximate surface area is 84.3 Å². The number of halogens is 1. The standard InChI is InChI=1S/C10H8FNO3/c1-15-9-5-4-8(10(13)14)12-7(5)3-2-6(9)11/h2-4,12H,1H3,(H,13,14). The molecule has 0 amide bonds. The second kappa shape index (κ2) is 3.27. The van der Waals surface area contributed by atoms with Gasteiger partial charge in [-0.05, 0) is 18.2 Å². The van der Waals surface area contributed by atoms with Crippen LogP contribution in [0.4, 0.5) is 4.39 Å². The smallest absolute Gasteiger partial charge is 0.352 e. The molecule has 0 aliphatic carbocycles. The van der Waals surface area contributed by atoms with E-state index in [0.717, 1.165) is 0 Å². The first kappa shape index (κ1) is 9.51. The number of carbonyl (C=O) groups is 1. The molecular formula is C10H8FNO3. The van der Waals surface area contributed by atoms with Gasteiger partial charge in [0.1, 0.15) is 5.69 Å². The fourth-order valence-electron chi connectivity index (χ4n) is 1.47. The number of rotatable bonds is 2. The lowest BCUT2D eigenvalue weighted by molar-refractivity contribution is 0.0691. The summed E-state index contributed by atoms with van der Waals surface area (Å²) in [6.07, 6.45) is 0. The molecule has 2 N–H and O–H groups in total. The second-order valence-corrected chi connectivity index (χ2v) is 3.03. The molecule has 5 heteroatoms. The van der Waals surface area contributed by atoms with Crippen LogP contribution in [0.3, 0.4) is 0 Å². The normalized spacial score (nSPS) is 10.5. The lowest BCUT2D eigenvalue weighted by atomic mass is 10.2. The minimum atomic E-state index is -1.09. The Morgan fingerprint density at radius 3 is 2.87 bits per heavy atom. The molecule has 1 heterocycles. The third kappa shape index (κ3) is 1.41. The van der Waals surface area contributed by atoms with Crippen molar-refractivity contribution >= 4 is 16.9 Å². The number of carboxylic acid groups (broad SMARTS) is 1. The van der Waals surface area contributed by atoms with Gasteiger partial charge in [-0.15, -0.1) is 0 Å². The fraction of sp³-hybridized carbons (Fsp3) is 0.100. The zero-order valence-electron chi connectivity index (χ0n) is 7.87. The quantitative estimate of drug-likeness (QED) is 0.795. The molecule has 0 saturated heterocycles. The van der Waals surface area contributed by atoms with Gasteiger partial charge in [0.05, 0.1) is 7.11 Å². The number of H-pyrrole nitrogens is 1. The number of aromatic carboxylic acids is 1. The van der Waals surface area contributed by atoms with E-state index in [0.29, 0.717) is 10.9 Å². The molecule has 0 aliphatic heterocycles. The Morgan fingerprint density at radius 2 is 2.27 bits per heavy atom. The Bertz CT molecular complexity index is 533. The summed E-state index contributed by atoms with van der Waals surface area (Å²) in [5.41, 5.74) is 0.541. The number of carboxylic acids is 1. The van der Waals surface area contributed by atoms with E-state index in [4.69, 9.17) is 9.84 Å². The van der Waals surface area contributed by atoms with Crippen molar-refractivity contribution in [3.8, 4) is 5.75 Å². The number of aromatic amines is 1. The van der Waals surface area contributed by atoms with Gasteiger partial charge in [0, 0.05) is 10.9 Å². The van der Waals surface area contributed by atoms with Crippen molar-refractivity contribution in [2.75, 3.05) is 7.11 Å². The third-order valence-corrected chi connectivity index (χ3v) is 2.14. The van der Waals surface area contributed by atoms with Crippen LogP contribution >= 0.6 is 0 Å². The van der Waals surface area contributed by atoms with Gasteiger partial charge in [-0.1, -0.05) is 0 Å². The van der Waals surface area contributed by atoms with E-state index in [2.05, 4.69) is 4.98 Å². The lowest BCUT2D eigenvalue weighted by Crippen LogP contribution is -1.94. The number of methoxy groups -OCH3 is 1. The molecule has 0 spiro atoms. The van der Waals surface area contributed by atoms with Crippen molar-refractivity contribution < 1.29 is 19.0 Å². The molecule has 0 fully saturated rings. The average Bonchev–Trinajstić information content (AvgIpc) is 2.61. The highest BCUT2D eigenvalue weighted by Crippen LogP contribution is 2.29. The average molecular weight is 209 g/mol. The number of fused-ring (bicyclic) bond motifs is 1. The SMILES string of the molecule is COc1c(F)ccc2[nH]c(C(=O)O)cc12. The predicted molar refractivity (Wildman–Crippen MR) is 51.8 cm³/mol. The Balaban J connectivity index is 2.75. The second-order valence-electron chi connectivity index (χ2n) is 3.03. The van der Waals surface area contributed by atoms with Crippen LogP contribution in [0.5, 0.6) is 5.75 Å². The summed E-state index contributed by atoms with van der Waals surface area (Å²) < 4.78 is 18.1. The summed E-state index contributed by atoms with van der Waals surface area (Å²) in [5.74, 6) is -1.55. The third-order valence-electron chi connectivity index (χ3n) is 2.14.